The lowest BCUT2D eigenvalue weighted by Gasteiger charge is -2.30. The van der Waals surface area contributed by atoms with Crippen molar-refractivity contribution >= 4 is 17.3 Å². The molecule has 0 amide bonds. The predicted molar refractivity (Wildman–Crippen MR) is 71.9 cm³/mol. The molecule has 0 radical (unpaired) electrons. The summed E-state index contributed by atoms with van der Waals surface area (Å²) in [5, 5.41) is 9.77. The van der Waals surface area contributed by atoms with E-state index in [2.05, 4.69) is 0 Å². The zero-order valence-corrected chi connectivity index (χ0v) is 12.0. The quantitative estimate of drug-likeness (QED) is 0.851. The highest BCUT2D eigenvalue weighted by molar-refractivity contribution is 7.12. The van der Waals surface area contributed by atoms with Crippen LogP contribution < -0.4 is 0 Å². The van der Waals surface area contributed by atoms with Crippen LogP contribution in [-0.2, 0) is 16.0 Å². The Morgan fingerprint density at radius 2 is 2.22 bits per heavy atom. The van der Waals surface area contributed by atoms with Crippen molar-refractivity contribution in [3.63, 3.8) is 0 Å². The fourth-order valence-corrected chi connectivity index (χ4v) is 3.10. The number of carbonyl (C=O) groups excluding carboxylic acids is 1. The number of rotatable bonds is 4. The molecule has 0 saturated heterocycles. The molecule has 3 nitrogen and oxygen atoms in total. The highest BCUT2D eigenvalue weighted by atomic mass is 32.1. The Morgan fingerprint density at radius 3 is 2.67 bits per heavy atom. The van der Waals surface area contributed by atoms with E-state index in [0.29, 0.717) is 12.2 Å². The fraction of sp³-hybridized carbons (Fsp3) is 0.643. The first-order chi connectivity index (χ1) is 8.38. The molecule has 1 N–H and O–H groups in total. The molecular weight excluding hydrogens is 248 g/mol. The Kier molecular flexibility index (Phi) is 3.66. The van der Waals surface area contributed by atoms with Gasteiger partial charge in [-0.1, -0.05) is 0 Å². The van der Waals surface area contributed by atoms with Gasteiger partial charge >= 0.3 is 5.97 Å². The van der Waals surface area contributed by atoms with Gasteiger partial charge in [-0.3, -0.25) is 4.79 Å². The molecule has 0 aliphatic heterocycles. The number of aromatic hydroxyl groups is 1. The largest absolute Gasteiger partial charge is 0.507 e. The van der Waals surface area contributed by atoms with Gasteiger partial charge in [0.25, 0.3) is 0 Å². The van der Waals surface area contributed by atoms with Crippen LogP contribution in [0.2, 0.25) is 0 Å². The molecule has 1 saturated carbocycles. The Hall–Kier alpha value is -1.03. The summed E-state index contributed by atoms with van der Waals surface area (Å²) < 4.78 is 5.45. The van der Waals surface area contributed by atoms with E-state index < -0.39 is 5.41 Å². The van der Waals surface area contributed by atoms with Crippen molar-refractivity contribution in [2.45, 2.75) is 52.6 Å². The predicted octanol–water partition coefficient (Wildman–Crippen LogP) is 3.43. The molecule has 1 aromatic rings. The van der Waals surface area contributed by atoms with Crippen LogP contribution in [-0.4, -0.2) is 17.2 Å². The van der Waals surface area contributed by atoms with Gasteiger partial charge in [0.05, 0.1) is 5.41 Å². The second-order valence-corrected chi connectivity index (χ2v) is 7.03. The number of carbonyl (C=O) groups is 1. The Balaban J connectivity index is 2.01. The topological polar surface area (TPSA) is 46.5 Å². The minimum absolute atomic E-state index is 0.121. The van der Waals surface area contributed by atoms with E-state index in [1.807, 2.05) is 20.8 Å². The van der Waals surface area contributed by atoms with Crippen molar-refractivity contribution < 1.29 is 14.6 Å². The van der Waals surface area contributed by atoms with Gasteiger partial charge in [0.2, 0.25) is 0 Å². The lowest BCUT2D eigenvalue weighted by Crippen LogP contribution is -2.34. The lowest BCUT2D eigenvalue weighted by molar-refractivity contribution is -0.163. The van der Waals surface area contributed by atoms with Gasteiger partial charge in [0.15, 0.2) is 0 Å². The molecule has 0 atom stereocenters. The van der Waals surface area contributed by atoms with Gasteiger partial charge in [-0.2, -0.15) is 0 Å². The Labute approximate surface area is 112 Å². The summed E-state index contributed by atoms with van der Waals surface area (Å²) in [5.74, 6) is 0.139. The van der Waals surface area contributed by atoms with Gasteiger partial charge < -0.3 is 9.84 Å². The molecule has 1 fully saturated rings. The molecule has 4 heteroatoms. The molecule has 100 valence electrons. The zero-order chi connectivity index (χ0) is 13.3. The summed E-state index contributed by atoms with van der Waals surface area (Å²) in [6, 6.07) is 1.74. The zero-order valence-electron chi connectivity index (χ0n) is 11.2. The smallest absolute Gasteiger partial charge is 0.312 e. The van der Waals surface area contributed by atoms with Crippen LogP contribution in [0.25, 0.3) is 0 Å². The van der Waals surface area contributed by atoms with E-state index in [0.717, 1.165) is 29.0 Å². The van der Waals surface area contributed by atoms with Gasteiger partial charge in [-0.25, -0.2) is 0 Å². The average molecular weight is 268 g/mol. The standard InChI is InChI=1S/C14H20O3S/c1-9-7-11(15)12(18-9)8-14(2,3)13(16)17-10-5-4-6-10/h7,10,15H,4-6,8H2,1-3H3. The number of thiophene rings is 1. The van der Waals surface area contributed by atoms with Crippen LogP contribution in [0.3, 0.4) is 0 Å². The summed E-state index contributed by atoms with van der Waals surface area (Å²) >= 11 is 1.54. The van der Waals surface area contributed by atoms with Crippen molar-refractivity contribution in [3.8, 4) is 5.75 Å². The number of esters is 1. The SMILES string of the molecule is Cc1cc(O)c(CC(C)(C)C(=O)OC2CCC2)s1. The first-order valence-electron chi connectivity index (χ1n) is 6.38. The van der Waals surface area contributed by atoms with Gasteiger partial charge in [-0.05, 0) is 46.1 Å². The molecule has 1 aliphatic carbocycles. The molecule has 1 aliphatic rings. The van der Waals surface area contributed by atoms with Crippen molar-refractivity contribution in [2.24, 2.45) is 5.41 Å². The number of aryl methyl sites for hydroxylation is 1. The number of hydrogen-bond donors (Lipinski definition) is 1. The lowest BCUT2D eigenvalue weighted by atomic mass is 9.88. The summed E-state index contributed by atoms with van der Waals surface area (Å²) in [6.45, 7) is 5.71. The fourth-order valence-electron chi connectivity index (χ4n) is 1.95. The summed E-state index contributed by atoms with van der Waals surface area (Å²) in [5.41, 5.74) is -0.579. The average Bonchev–Trinajstić information content (AvgIpc) is 2.50. The van der Waals surface area contributed by atoms with Crippen LogP contribution in [0.1, 0.15) is 42.9 Å². The molecule has 0 unspecified atom stereocenters. The molecule has 1 heterocycles. The van der Waals surface area contributed by atoms with Gasteiger partial charge in [0.1, 0.15) is 11.9 Å². The first-order valence-corrected chi connectivity index (χ1v) is 7.19. The third kappa shape index (κ3) is 2.86. The summed E-state index contributed by atoms with van der Waals surface area (Å²) in [6.07, 6.45) is 3.79. The van der Waals surface area contributed by atoms with E-state index in [1.54, 1.807) is 6.07 Å². The van der Waals surface area contributed by atoms with E-state index >= 15 is 0 Å². The molecule has 18 heavy (non-hydrogen) atoms. The molecule has 0 aromatic carbocycles. The molecule has 1 aromatic heterocycles. The second kappa shape index (κ2) is 4.92. The van der Waals surface area contributed by atoms with Gasteiger partial charge in [0, 0.05) is 16.2 Å². The third-order valence-electron chi connectivity index (χ3n) is 3.39. The molecular formula is C14H20O3S. The maximum Gasteiger partial charge on any atom is 0.312 e. The highest BCUT2D eigenvalue weighted by Gasteiger charge is 2.34. The third-order valence-corrected chi connectivity index (χ3v) is 4.43. The first kappa shape index (κ1) is 13.4. The highest BCUT2D eigenvalue weighted by Crippen LogP contribution is 2.35. The maximum absolute atomic E-state index is 12.1. The van der Waals surface area contributed by atoms with E-state index in [1.165, 1.54) is 11.3 Å². The van der Waals surface area contributed by atoms with Crippen LogP contribution in [0.15, 0.2) is 6.07 Å². The molecule has 2 rings (SSSR count). The number of ether oxygens (including phenoxy) is 1. The Bertz CT molecular complexity index is 444. The minimum atomic E-state index is -0.579. The van der Waals surface area contributed by atoms with E-state index in [9.17, 15) is 9.90 Å². The molecule has 0 spiro atoms. The normalized spacial score (nSPS) is 16.4. The number of hydrogen-bond acceptors (Lipinski definition) is 4. The summed E-state index contributed by atoms with van der Waals surface area (Å²) in [4.78, 5) is 14.0. The Morgan fingerprint density at radius 1 is 1.56 bits per heavy atom. The van der Waals surface area contributed by atoms with Crippen molar-refractivity contribution in [3.05, 3.63) is 15.8 Å². The van der Waals surface area contributed by atoms with E-state index in [-0.39, 0.29) is 12.1 Å². The second-order valence-electron chi connectivity index (χ2n) is 5.68. The van der Waals surface area contributed by atoms with Crippen LogP contribution in [0, 0.1) is 12.3 Å². The molecule has 0 bridgehead atoms. The van der Waals surface area contributed by atoms with Crippen molar-refractivity contribution in [1.29, 1.82) is 0 Å². The van der Waals surface area contributed by atoms with Crippen molar-refractivity contribution in [1.82, 2.24) is 0 Å². The van der Waals surface area contributed by atoms with Crippen LogP contribution in [0.5, 0.6) is 5.75 Å². The van der Waals surface area contributed by atoms with Gasteiger partial charge in [-0.15, -0.1) is 11.3 Å². The monoisotopic (exact) mass is 268 g/mol. The minimum Gasteiger partial charge on any atom is -0.507 e. The van der Waals surface area contributed by atoms with E-state index in [4.69, 9.17) is 4.74 Å². The van der Waals surface area contributed by atoms with Crippen molar-refractivity contribution in [2.75, 3.05) is 0 Å². The van der Waals surface area contributed by atoms with Crippen LogP contribution in [0.4, 0.5) is 0 Å². The maximum atomic E-state index is 12.1. The summed E-state index contributed by atoms with van der Waals surface area (Å²) in [7, 11) is 0. The van der Waals surface area contributed by atoms with Crippen LogP contribution >= 0.6 is 11.3 Å².